The number of nitrogens with one attached hydrogen (secondary N) is 1. The lowest BCUT2D eigenvalue weighted by atomic mass is 10.2. The molecule has 27 heavy (non-hydrogen) atoms. The van der Waals surface area contributed by atoms with Gasteiger partial charge in [0, 0.05) is 24.7 Å². The maximum atomic E-state index is 11.5. The summed E-state index contributed by atoms with van der Waals surface area (Å²) in [5.41, 5.74) is 4.82. The number of nitrogens with two attached hydrogens (primary N) is 1. The first-order valence-corrected chi connectivity index (χ1v) is 9.83. The highest BCUT2D eigenvalue weighted by Gasteiger charge is 2.34. The molecule has 2 rings (SSSR count). The number of hydrogen-bond acceptors (Lipinski definition) is 10. The third-order valence-corrected chi connectivity index (χ3v) is 4.27. The minimum Gasteiger partial charge on any atom is -0.394 e. The summed E-state index contributed by atoms with van der Waals surface area (Å²) in [7, 11) is -2.03. The number of aliphatic hydroxyl groups is 2. The van der Waals surface area contributed by atoms with E-state index in [1.165, 1.54) is 16.8 Å². The molecule has 12 heteroatoms. The topological polar surface area (TPSA) is 166 Å². The third kappa shape index (κ3) is 7.40. The Labute approximate surface area is 159 Å². The van der Waals surface area contributed by atoms with Gasteiger partial charge in [-0.15, -0.1) is 0 Å². The summed E-state index contributed by atoms with van der Waals surface area (Å²) in [6, 6.07) is 2.00. The number of ether oxygens (including phenoxy) is 1. The summed E-state index contributed by atoms with van der Waals surface area (Å²) in [5.74, 6) is 0.138. The maximum Gasteiger partial charge on any atom is 0.351 e. The number of aromatic nitrogens is 2. The van der Waals surface area contributed by atoms with E-state index >= 15 is 0 Å². The number of aliphatic hydroxyl groups excluding tert-OH is 2. The van der Waals surface area contributed by atoms with Crippen molar-refractivity contribution in [2.75, 3.05) is 12.3 Å². The van der Waals surface area contributed by atoms with Gasteiger partial charge in [0.25, 0.3) is 8.53 Å². The molecule has 0 spiro atoms. The number of anilines is 1. The fraction of sp³-hybridized carbons (Fsp3) is 0.733. The Balaban J connectivity index is 0.000000293. The van der Waals surface area contributed by atoms with Gasteiger partial charge >= 0.3 is 5.69 Å². The predicted octanol–water partition coefficient (Wildman–Crippen LogP) is -0.712. The molecular weight excluding hydrogens is 377 g/mol. The molecule has 0 amide bonds. The van der Waals surface area contributed by atoms with Crippen LogP contribution in [0.1, 0.15) is 40.3 Å². The number of hydrogen-bond donors (Lipinski definition) is 6. The zero-order valence-corrected chi connectivity index (χ0v) is 16.8. The van der Waals surface area contributed by atoms with Crippen LogP contribution in [0.3, 0.4) is 0 Å². The Hall–Kier alpha value is -1.17. The highest BCUT2D eigenvalue weighted by molar-refractivity contribution is 7.42. The monoisotopic (exact) mass is 407 g/mol. The van der Waals surface area contributed by atoms with Crippen molar-refractivity contribution in [3.8, 4) is 0 Å². The maximum absolute atomic E-state index is 11.5. The van der Waals surface area contributed by atoms with Gasteiger partial charge in [0.05, 0.1) is 12.7 Å². The van der Waals surface area contributed by atoms with Gasteiger partial charge in [-0.25, -0.2) is 9.80 Å². The van der Waals surface area contributed by atoms with Gasteiger partial charge < -0.3 is 30.5 Å². The molecule has 2 heterocycles. The lowest BCUT2D eigenvalue weighted by molar-refractivity contribution is -0.0458. The van der Waals surface area contributed by atoms with Gasteiger partial charge in [-0.3, -0.25) is 4.57 Å². The molecule has 3 atom stereocenters. The van der Waals surface area contributed by atoms with Crippen LogP contribution in [0.5, 0.6) is 0 Å². The second kappa shape index (κ2) is 11.0. The Kier molecular flexibility index (Phi) is 9.71. The molecule has 1 aliphatic heterocycles. The Bertz CT molecular complexity index is 621. The van der Waals surface area contributed by atoms with Gasteiger partial charge in [-0.1, -0.05) is 0 Å². The standard InChI is InChI=1S/C9H13N3O4.C6H17N2O2P/c10-7-1-2-12(9(15)11-7)8-3-5(14)6(4-13)16-8;1-5(2)8(6(3)4)7-11(9)10/h1-2,5-6,8,13-14H,3-4H2,(H2,10,11,15);5-7,9-10H,1-4H3/t5-,6+,8+;/m0./s1. The smallest absolute Gasteiger partial charge is 0.351 e. The molecule has 0 unspecified atom stereocenters. The molecule has 0 aliphatic carbocycles. The van der Waals surface area contributed by atoms with E-state index in [0.29, 0.717) is 0 Å². The zero-order valence-electron chi connectivity index (χ0n) is 15.9. The Morgan fingerprint density at radius 2 is 2.00 bits per heavy atom. The second-order valence-electron chi connectivity index (χ2n) is 6.64. The molecule has 1 aromatic rings. The van der Waals surface area contributed by atoms with Gasteiger partial charge in [-0.2, -0.15) is 10.2 Å². The van der Waals surface area contributed by atoms with E-state index in [4.69, 9.17) is 25.4 Å². The molecule has 1 saturated heterocycles. The van der Waals surface area contributed by atoms with Crippen molar-refractivity contribution in [1.29, 1.82) is 0 Å². The van der Waals surface area contributed by atoms with Crippen molar-refractivity contribution in [1.82, 2.24) is 19.8 Å². The van der Waals surface area contributed by atoms with E-state index in [0.717, 1.165) is 0 Å². The molecule has 0 radical (unpaired) electrons. The normalized spacial score (nSPS) is 22.6. The fourth-order valence-corrected chi connectivity index (χ4v) is 3.29. The van der Waals surface area contributed by atoms with E-state index in [2.05, 4.69) is 10.2 Å². The van der Waals surface area contributed by atoms with Crippen LogP contribution in [0.15, 0.2) is 17.1 Å². The van der Waals surface area contributed by atoms with E-state index in [9.17, 15) is 9.90 Å². The average molecular weight is 407 g/mol. The lowest BCUT2D eigenvalue weighted by Gasteiger charge is -2.30. The first-order valence-electron chi connectivity index (χ1n) is 8.58. The molecule has 11 nitrogen and oxygen atoms in total. The Morgan fingerprint density at radius 3 is 2.37 bits per heavy atom. The van der Waals surface area contributed by atoms with Crippen molar-refractivity contribution < 1.29 is 24.7 Å². The van der Waals surface area contributed by atoms with E-state index in [1.54, 1.807) is 0 Å². The number of nitrogen functional groups attached to an aromatic ring is 1. The van der Waals surface area contributed by atoms with Crippen molar-refractivity contribution in [2.45, 2.75) is 64.6 Å². The quantitative estimate of drug-likeness (QED) is 0.262. The second-order valence-corrected chi connectivity index (χ2v) is 7.42. The molecule has 1 fully saturated rings. The molecule has 7 N–H and O–H groups in total. The van der Waals surface area contributed by atoms with Crippen LogP contribution >= 0.6 is 8.53 Å². The SMILES string of the molecule is CC(C)N(NP(O)O)C(C)C.Nc1ccn([C@H]2C[C@H](O)[C@@H](CO)O2)c(=O)n1. The summed E-state index contributed by atoms with van der Waals surface area (Å²) in [5, 5.41) is 22.8. The van der Waals surface area contributed by atoms with Crippen LogP contribution in [0, 0.1) is 0 Å². The third-order valence-electron chi connectivity index (χ3n) is 3.86. The van der Waals surface area contributed by atoms with E-state index in [1.807, 2.05) is 32.7 Å². The molecule has 0 aromatic carbocycles. The van der Waals surface area contributed by atoms with Crippen LogP contribution in [0.4, 0.5) is 5.82 Å². The van der Waals surface area contributed by atoms with Crippen molar-refractivity contribution >= 4 is 14.3 Å². The van der Waals surface area contributed by atoms with E-state index in [-0.39, 0.29) is 30.9 Å². The van der Waals surface area contributed by atoms with Gasteiger partial charge in [0.2, 0.25) is 0 Å². The number of rotatable bonds is 6. The van der Waals surface area contributed by atoms with Crippen LogP contribution in [0.2, 0.25) is 0 Å². The minimum atomic E-state index is -2.03. The van der Waals surface area contributed by atoms with Gasteiger partial charge in [-0.05, 0) is 33.8 Å². The summed E-state index contributed by atoms with van der Waals surface area (Å²) in [6.07, 6.45) is -0.333. The van der Waals surface area contributed by atoms with Gasteiger partial charge in [0.15, 0.2) is 0 Å². The van der Waals surface area contributed by atoms with Crippen molar-refractivity contribution in [3.63, 3.8) is 0 Å². The van der Waals surface area contributed by atoms with Crippen molar-refractivity contribution in [3.05, 3.63) is 22.7 Å². The summed E-state index contributed by atoms with van der Waals surface area (Å²) >= 11 is 0. The highest BCUT2D eigenvalue weighted by atomic mass is 31.2. The lowest BCUT2D eigenvalue weighted by Crippen LogP contribution is -2.44. The molecule has 1 aliphatic rings. The average Bonchev–Trinajstić information content (AvgIpc) is 2.93. The molecule has 0 bridgehead atoms. The summed E-state index contributed by atoms with van der Waals surface area (Å²) < 4.78 is 6.56. The van der Waals surface area contributed by atoms with E-state index < -0.39 is 32.7 Å². The van der Waals surface area contributed by atoms with Crippen LogP contribution < -0.4 is 16.6 Å². The first-order chi connectivity index (χ1) is 12.6. The molecular formula is C15H30N5O6P. The Morgan fingerprint density at radius 1 is 1.41 bits per heavy atom. The molecule has 156 valence electrons. The van der Waals surface area contributed by atoms with Crippen LogP contribution in [0.25, 0.3) is 0 Å². The summed E-state index contributed by atoms with van der Waals surface area (Å²) in [6.45, 7) is 7.68. The number of nitrogens with zero attached hydrogens (tertiary/aromatic N) is 3. The predicted molar refractivity (Wildman–Crippen MR) is 101 cm³/mol. The molecule has 0 saturated carbocycles. The molecule has 1 aromatic heterocycles. The van der Waals surface area contributed by atoms with Crippen LogP contribution in [-0.4, -0.2) is 65.5 Å². The number of hydrazine groups is 1. The minimum absolute atomic E-state index is 0.138. The summed E-state index contributed by atoms with van der Waals surface area (Å²) in [4.78, 5) is 32.4. The fourth-order valence-electron chi connectivity index (χ4n) is 2.63. The highest BCUT2D eigenvalue weighted by Crippen LogP contribution is 2.27. The first kappa shape index (κ1) is 23.9. The largest absolute Gasteiger partial charge is 0.394 e. The van der Waals surface area contributed by atoms with Crippen molar-refractivity contribution in [2.24, 2.45) is 0 Å². The van der Waals surface area contributed by atoms with Crippen LogP contribution in [-0.2, 0) is 4.74 Å². The van der Waals surface area contributed by atoms with Gasteiger partial charge in [0.1, 0.15) is 18.1 Å². The zero-order chi connectivity index (χ0) is 20.7.